The van der Waals surface area contributed by atoms with Crippen LogP contribution in [0.1, 0.15) is 24.1 Å². The predicted molar refractivity (Wildman–Crippen MR) is 110 cm³/mol. The Bertz CT molecular complexity index is 1060. The maximum Gasteiger partial charge on any atom is 0.254 e. The summed E-state index contributed by atoms with van der Waals surface area (Å²) in [4.78, 5) is 26.5. The van der Waals surface area contributed by atoms with Crippen molar-refractivity contribution in [3.8, 4) is 5.75 Å². The monoisotopic (exact) mass is 418 g/mol. The molecule has 0 radical (unpaired) electrons. The second-order valence-corrected chi connectivity index (χ2v) is 9.53. The van der Waals surface area contributed by atoms with E-state index < -0.39 is 9.84 Å². The number of aromatic nitrogens is 1. The molecule has 3 rings (SSSR count). The Morgan fingerprint density at radius 2 is 1.90 bits per heavy atom. The molecule has 0 N–H and O–H groups in total. The van der Waals surface area contributed by atoms with Gasteiger partial charge in [-0.1, -0.05) is 12.1 Å². The van der Waals surface area contributed by atoms with Crippen LogP contribution in [-0.4, -0.2) is 49.2 Å². The highest BCUT2D eigenvalue weighted by Gasteiger charge is 2.27. The Morgan fingerprint density at radius 1 is 1.21 bits per heavy atom. The number of hydrogen-bond donors (Lipinski definition) is 0. The van der Waals surface area contributed by atoms with E-state index in [-0.39, 0.29) is 22.5 Å². The molecule has 0 spiro atoms. The second kappa shape index (κ2) is 8.41. The summed E-state index contributed by atoms with van der Waals surface area (Å²) in [6.07, 6.45) is 2.68. The number of aryl methyl sites for hydroxylation is 2. The molecule has 0 aliphatic carbocycles. The van der Waals surface area contributed by atoms with Crippen LogP contribution in [0.4, 0.5) is 0 Å². The number of hydrogen-bond acceptors (Lipinski definition) is 5. The van der Waals surface area contributed by atoms with E-state index in [9.17, 15) is 18.0 Å². The summed E-state index contributed by atoms with van der Waals surface area (Å²) in [6.45, 7) is 2.97. The van der Waals surface area contributed by atoms with Gasteiger partial charge in [0.2, 0.25) is 5.91 Å². The fourth-order valence-electron chi connectivity index (χ4n) is 3.36. The number of carbonyl (C=O) groups excluding carboxylic acids is 1. The summed E-state index contributed by atoms with van der Waals surface area (Å²) >= 11 is 0. The molecule has 0 bridgehead atoms. The minimum absolute atomic E-state index is 0.0449. The van der Waals surface area contributed by atoms with Gasteiger partial charge >= 0.3 is 0 Å². The number of ether oxygens (including phenoxy) is 1. The van der Waals surface area contributed by atoms with Crippen molar-refractivity contribution >= 4 is 15.7 Å². The number of nitrogens with zero attached hydrogens (tertiary/aromatic N) is 2. The number of amides is 1. The SMILES string of the molecule is Cc1cc(OC2CCN(C(=O)CCc3ccc(S(C)(=O)=O)cc3)C2)cc(=O)n1C. The maximum atomic E-state index is 12.5. The van der Waals surface area contributed by atoms with Gasteiger partial charge in [0.05, 0.1) is 11.4 Å². The maximum absolute atomic E-state index is 12.5. The summed E-state index contributed by atoms with van der Waals surface area (Å²) < 4.78 is 30.5. The fourth-order valence-corrected chi connectivity index (χ4v) is 3.99. The molecule has 29 heavy (non-hydrogen) atoms. The van der Waals surface area contributed by atoms with E-state index in [4.69, 9.17) is 4.74 Å². The van der Waals surface area contributed by atoms with Crippen LogP contribution in [0.3, 0.4) is 0 Å². The molecule has 1 aliphatic heterocycles. The van der Waals surface area contributed by atoms with E-state index in [1.807, 2.05) is 13.0 Å². The highest BCUT2D eigenvalue weighted by Crippen LogP contribution is 2.19. The molecule has 2 aromatic rings. The highest BCUT2D eigenvalue weighted by atomic mass is 32.2. The van der Waals surface area contributed by atoms with Gasteiger partial charge in [-0.15, -0.1) is 0 Å². The first-order valence-electron chi connectivity index (χ1n) is 9.54. The molecule has 1 unspecified atom stereocenters. The Kier molecular flexibility index (Phi) is 6.12. The molecule has 1 fully saturated rings. The van der Waals surface area contributed by atoms with Gasteiger partial charge in [0, 0.05) is 44.5 Å². The average molecular weight is 419 g/mol. The van der Waals surface area contributed by atoms with E-state index in [1.54, 1.807) is 40.8 Å². The Labute approximate surface area is 170 Å². The Balaban J connectivity index is 1.52. The first kappa shape index (κ1) is 21.1. The topological polar surface area (TPSA) is 85.7 Å². The lowest BCUT2D eigenvalue weighted by atomic mass is 10.1. The zero-order valence-corrected chi connectivity index (χ0v) is 17.7. The summed E-state index contributed by atoms with van der Waals surface area (Å²) in [7, 11) is -1.50. The van der Waals surface area contributed by atoms with Crippen molar-refractivity contribution in [2.75, 3.05) is 19.3 Å². The summed E-state index contributed by atoms with van der Waals surface area (Å²) in [5.74, 6) is 0.583. The van der Waals surface area contributed by atoms with Gasteiger partial charge in [-0.3, -0.25) is 9.59 Å². The molecule has 1 atom stereocenters. The van der Waals surface area contributed by atoms with Gasteiger partial charge in [-0.05, 0) is 37.1 Å². The molecule has 7 nitrogen and oxygen atoms in total. The van der Waals surface area contributed by atoms with Crippen LogP contribution < -0.4 is 10.3 Å². The van der Waals surface area contributed by atoms with Crippen molar-refractivity contribution < 1.29 is 17.9 Å². The van der Waals surface area contributed by atoms with Crippen molar-refractivity contribution in [3.05, 3.63) is 58.0 Å². The minimum Gasteiger partial charge on any atom is -0.488 e. The molecule has 156 valence electrons. The van der Waals surface area contributed by atoms with Gasteiger partial charge in [0.15, 0.2) is 9.84 Å². The number of rotatable bonds is 6. The molecule has 1 aliphatic rings. The zero-order chi connectivity index (χ0) is 21.2. The van der Waals surface area contributed by atoms with E-state index in [0.717, 1.165) is 17.7 Å². The zero-order valence-electron chi connectivity index (χ0n) is 16.9. The van der Waals surface area contributed by atoms with Gasteiger partial charge in [0.25, 0.3) is 5.56 Å². The highest BCUT2D eigenvalue weighted by molar-refractivity contribution is 7.90. The van der Waals surface area contributed by atoms with E-state index in [1.165, 1.54) is 12.3 Å². The molecule has 1 aromatic heterocycles. The van der Waals surface area contributed by atoms with Crippen LogP contribution in [0, 0.1) is 6.92 Å². The molecular weight excluding hydrogens is 392 g/mol. The largest absolute Gasteiger partial charge is 0.488 e. The number of carbonyl (C=O) groups is 1. The average Bonchev–Trinajstić information content (AvgIpc) is 3.12. The standard InChI is InChI=1S/C21H26N2O5S/c1-15-12-18(13-21(25)22(15)2)28-17-10-11-23(14-17)20(24)9-6-16-4-7-19(8-5-16)29(3,26)27/h4-5,7-8,12-13,17H,6,9-11,14H2,1-3H3. The third kappa shape index (κ3) is 5.26. The van der Waals surface area contributed by atoms with Gasteiger partial charge in [-0.2, -0.15) is 0 Å². The minimum atomic E-state index is -3.21. The molecular formula is C21H26N2O5S. The van der Waals surface area contributed by atoms with Crippen molar-refractivity contribution in [3.63, 3.8) is 0 Å². The van der Waals surface area contributed by atoms with Crippen LogP contribution >= 0.6 is 0 Å². The third-order valence-electron chi connectivity index (χ3n) is 5.26. The van der Waals surface area contributed by atoms with Crippen LogP contribution in [0.2, 0.25) is 0 Å². The van der Waals surface area contributed by atoms with Crippen LogP contribution in [0.15, 0.2) is 46.1 Å². The lowest BCUT2D eigenvalue weighted by Gasteiger charge is -2.18. The lowest BCUT2D eigenvalue weighted by molar-refractivity contribution is -0.130. The Morgan fingerprint density at radius 3 is 2.52 bits per heavy atom. The smallest absolute Gasteiger partial charge is 0.254 e. The Hall–Kier alpha value is -2.61. The molecule has 1 saturated heterocycles. The molecule has 8 heteroatoms. The van der Waals surface area contributed by atoms with Crippen LogP contribution in [0.25, 0.3) is 0 Å². The molecule has 1 aromatic carbocycles. The lowest BCUT2D eigenvalue weighted by Crippen LogP contribution is -2.31. The summed E-state index contributed by atoms with van der Waals surface area (Å²) in [5, 5.41) is 0. The summed E-state index contributed by atoms with van der Waals surface area (Å²) in [5.41, 5.74) is 1.63. The van der Waals surface area contributed by atoms with Crippen LogP contribution in [-0.2, 0) is 28.1 Å². The molecule has 0 saturated carbocycles. The van der Waals surface area contributed by atoms with E-state index in [2.05, 4.69) is 0 Å². The van der Waals surface area contributed by atoms with E-state index >= 15 is 0 Å². The molecule has 1 amide bonds. The van der Waals surface area contributed by atoms with Crippen LogP contribution in [0.5, 0.6) is 5.75 Å². The first-order chi connectivity index (χ1) is 13.6. The van der Waals surface area contributed by atoms with Gasteiger partial charge in [-0.25, -0.2) is 8.42 Å². The normalized spacial score (nSPS) is 16.8. The van der Waals surface area contributed by atoms with Crippen molar-refractivity contribution in [1.29, 1.82) is 0 Å². The predicted octanol–water partition coefficient (Wildman–Crippen LogP) is 1.71. The quantitative estimate of drug-likeness (QED) is 0.713. The molecule has 2 heterocycles. The fraction of sp³-hybridized carbons (Fsp3) is 0.429. The number of likely N-dealkylation sites (tertiary alicyclic amines) is 1. The van der Waals surface area contributed by atoms with Crippen molar-refractivity contribution in [2.45, 2.75) is 37.2 Å². The number of pyridine rings is 1. The van der Waals surface area contributed by atoms with Gasteiger partial charge < -0.3 is 14.2 Å². The van der Waals surface area contributed by atoms with Crippen molar-refractivity contribution in [2.24, 2.45) is 7.05 Å². The third-order valence-corrected chi connectivity index (χ3v) is 6.38. The summed E-state index contributed by atoms with van der Waals surface area (Å²) in [6, 6.07) is 9.93. The number of sulfone groups is 1. The second-order valence-electron chi connectivity index (χ2n) is 7.51. The first-order valence-corrected chi connectivity index (χ1v) is 11.4. The number of benzene rings is 1. The van der Waals surface area contributed by atoms with Gasteiger partial charge in [0.1, 0.15) is 11.9 Å². The van der Waals surface area contributed by atoms with Crippen molar-refractivity contribution in [1.82, 2.24) is 9.47 Å². The van der Waals surface area contributed by atoms with E-state index in [0.29, 0.717) is 31.7 Å².